The van der Waals surface area contributed by atoms with Crippen molar-refractivity contribution in [1.82, 2.24) is 4.90 Å². The summed E-state index contributed by atoms with van der Waals surface area (Å²) in [6.45, 7) is 4.09. The summed E-state index contributed by atoms with van der Waals surface area (Å²) in [6, 6.07) is 7.50. The quantitative estimate of drug-likeness (QED) is 0.901. The maximum atomic E-state index is 12.4. The normalized spacial score (nSPS) is 22.5. The topological polar surface area (TPSA) is 66.8 Å². The molecule has 1 amide bonds. The van der Waals surface area contributed by atoms with Crippen LogP contribution in [0.1, 0.15) is 19.4 Å². The largest absolute Gasteiger partial charge is 0.497 e. The standard InChI is InChI=1S/C16H21NO4/c1-16(2)12(13(16)15(19)20)14(18)17(3)9-10-6-5-7-11(8-10)21-4/h5-8,12-13H,9H2,1-4H3,(H,19,20)/t12-,13+/m1/s1. The van der Waals surface area contributed by atoms with Gasteiger partial charge in [0, 0.05) is 13.6 Å². The van der Waals surface area contributed by atoms with Crippen molar-refractivity contribution >= 4 is 11.9 Å². The van der Waals surface area contributed by atoms with Crippen LogP contribution in [0.3, 0.4) is 0 Å². The van der Waals surface area contributed by atoms with Gasteiger partial charge in [-0.25, -0.2) is 0 Å². The summed E-state index contributed by atoms with van der Waals surface area (Å²) in [5.74, 6) is -1.30. The minimum absolute atomic E-state index is 0.116. The monoisotopic (exact) mass is 291 g/mol. The third-order valence-electron chi connectivity index (χ3n) is 4.29. The van der Waals surface area contributed by atoms with E-state index in [0.717, 1.165) is 11.3 Å². The number of carbonyl (C=O) groups excluding carboxylic acids is 1. The first-order valence-corrected chi connectivity index (χ1v) is 6.89. The van der Waals surface area contributed by atoms with Gasteiger partial charge in [-0.15, -0.1) is 0 Å². The Bertz CT molecular complexity index is 567. The third-order valence-corrected chi connectivity index (χ3v) is 4.29. The zero-order valence-corrected chi connectivity index (χ0v) is 12.8. The number of rotatable bonds is 5. The lowest BCUT2D eigenvalue weighted by atomic mass is 10.1. The molecule has 1 fully saturated rings. The predicted octanol–water partition coefficient (Wildman–Crippen LogP) is 2.01. The smallest absolute Gasteiger partial charge is 0.307 e. The van der Waals surface area contributed by atoms with Crippen LogP contribution in [-0.2, 0) is 16.1 Å². The molecule has 1 aliphatic rings. The molecule has 5 heteroatoms. The molecule has 1 N–H and O–H groups in total. The molecule has 0 spiro atoms. The Labute approximate surface area is 124 Å². The number of aliphatic carboxylic acids is 1. The number of carboxylic acid groups (broad SMARTS) is 1. The Morgan fingerprint density at radius 1 is 1.33 bits per heavy atom. The van der Waals surface area contributed by atoms with E-state index in [0.29, 0.717) is 6.54 Å². The molecule has 0 bridgehead atoms. The molecule has 1 saturated carbocycles. The molecule has 0 radical (unpaired) electrons. The summed E-state index contributed by atoms with van der Waals surface area (Å²) in [6.07, 6.45) is 0. The zero-order chi connectivity index (χ0) is 15.8. The van der Waals surface area contributed by atoms with Crippen molar-refractivity contribution in [2.75, 3.05) is 14.2 Å². The molecule has 2 atom stereocenters. The number of methoxy groups -OCH3 is 1. The van der Waals surface area contributed by atoms with Crippen molar-refractivity contribution in [2.45, 2.75) is 20.4 Å². The van der Waals surface area contributed by atoms with E-state index >= 15 is 0 Å². The number of hydrogen-bond donors (Lipinski definition) is 1. The van der Waals surface area contributed by atoms with Gasteiger partial charge in [-0.2, -0.15) is 0 Å². The Hall–Kier alpha value is -2.04. The van der Waals surface area contributed by atoms with Gasteiger partial charge in [-0.05, 0) is 23.1 Å². The van der Waals surface area contributed by atoms with Crippen molar-refractivity contribution in [1.29, 1.82) is 0 Å². The number of amides is 1. The molecular formula is C16H21NO4. The highest BCUT2D eigenvalue weighted by molar-refractivity contribution is 5.91. The van der Waals surface area contributed by atoms with Crippen LogP contribution in [0.4, 0.5) is 0 Å². The molecule has 2 rings (SSSR count). The number of carboxylic acids is 1. The van der Waals surface area contributed by atoms with Crippen molar-refractivity contribution in [3.8, 4) is 5.75 Å². The fourth-order valence-corrected chi connectivity index (χ4v) is 2.92. The predicted molar refractivity (Wildman–Crippen MR) is 77.9 cm³/mol. The summed E-state index contributed by atoms with van der Waals surface area (Å²) in [5.41, 5.74) is 0.487. The van der Waals surface area contributed by atoms with Crippen molar-refractivity contribution < 1.29 is 19.4 Å². The van der Waals surface area contributed by atoms with E-state index in [-0.39, 0.29) is 5.91 Å². The van der Waals surface area contributed by atoms with Gasteiger partial charge in [0.25, 0.3) is 0 Å². The molecule has 1 aliphatic carbocycles. The van der Waals surface area contributed by atoms with E-state index in [2.05, 4.69) is 0 Å². The SMILES string of the molecule is COc1cccc(CN(C)C(=O)[C@H]2[C@@H](C(=O)O)C2(C)C)c1. The van der Waals surface area contributed by atoms with Gasteiger partial charge in [0.1, 0.15) is 5.75 Å². The number of carbonyl (C=O) groups is 2. The number of nitrogens with zero attached hydrogens (tertiary/aromatic N) is 1. The zero-order valence-electron chi connectivity index (χ0n) is 12.8. The second-order valence-corrected chi connectivity index (χ2v) is 6.16. The molecule has 1 aromatic rings. The van der Waals surface area contributed by atoms with Gasteiger partial charge in [0.15, 0.2) is 0 Å². The van der Waals surface area contributed by atoms with E-state index in [4.69, 9.17) is 9.84 Å². The fourth-order valence-electron chi connectivity index (χ4n) is 2.92. The molecule has 0 aromatic heterocycles. The number of hydrogen-bond acceptors (Lipinski definition) is 3. The van der Waals surface area contributed by atoms with Crippen LogP contribution in [0.5, 0.6) is 5.75 Å². The Morgan fingerprint density at radius 3 is 2.52 bits per heavy atom. The highest BCUT2D eigenvalue weighted by Crippen LogP contribution is 2.58. The van der Waals surface area contributed by atoms with Gasteiger partial charge < -0.3 is 14.7 Å². The summed E-state index contributed by atoms with van der Waals surface area (Å²) < 4.78 is 5.16. The maximum Gasteiger partial charge on any atom is 0.307 e. The summed E-state index contributed by atoms with van der Waals surface area (Å²) >= 11 is 0. The van der Waals surface area contributed by atoms with Crippen LogP contribution in [0.25, 0.3) is 0 Å². The minimum Gasteiger partial charge on any atom is -0.497 e. The first-order chi connectivity index (χ1) is 9.78. The van der Waals surface area contributed by atoms with Gasteiger partial charge in [-0.1, -0.05) is 26.0 Å². The average Bonchev–Trinajstić information content (AvgIpc) is 3.01. The van der Waals surface area contributed by atoms with Gasteiger partial charge in [0.2, 0.25) is 5.91 Å². The molecular weight excluding hydrogens is 270 g/mol. The molecule has 0 heterocycles. The van der Waals surface area contributed by atoms with Crippen LogP contribution in [-0.4, -0.2) is 36.0 Å². The van der Waals surface area contributed by atoms with Crippen LogP contribution >= 0.6 is 0 Å². The van der Waals surface area contributed by atoms with E-state index in [9.17, 15) is 9.59 Å². The Morgan fingerprint density at radius 2 is 2.00 bits per heavy atom. The summed E-state index contributed by atoms with van der Waals surface area (Å²) in [7, 11) is 3.30. The second-order valence-electron chi connectivity index (χ2n) is 6.16. The van der Waals surface area contributed by atoms with Crippen LogP contribution < -0.4 is 4.74 Å². The van der Waals surface area contributed by atoms with Gasteiger partial charge >= 0.3 is 5.97 Å². The fraction of sp³-hybridized carbons (Fsp3) is 0.500. The lowest BCUT2D eigenvalue weighted by Crippen LogP contribution is -2.29. The molecule has 0 unspecified atom stereocenters. The molecule has 1 aromatic carbocycles. The molecule has 21 heavy (non-hydrogen) atoms. The lowest BCUT2D eigenvalue weighted by molar-refractivity contribution is -0.141. The van der Waals surface area contributed by atoms with E-state index in [1.165, 1.54) is 0 Å². The third kappa shape index (κ3) is 2.86. The van der Waals surface area contributed by atoms with E-state index in [1.54, 1.807) is 19.1 Å². The Kier molecular flexibility index (Phi) is 3.94. The maximum absolute atomic E-state index is 12.4. The van der Waals surface area contributed by atoms with E-state index < -0.39 is 23.2 Å². The van der Waals surface area contributed by atoms with E-state index in [1.807, 2.05) is 38.1 Å². The Balaban J connectivity index is 2.05. The van der Waals surface area contributed by atoms with Crippen LogP contribution in [0, 0.1) is 17.3 Å². The highest BCUT2D eigenvalue weighted by atomic mass is 16.5. The van der Waals surface area contributed by atoms with Crippen molar-refractivity contribution in [3.05, 3.63) is 29.8 Å². The highest BCUT2D eigenvalue weighted by Gasteiger charge is 2.66. The molecule has 114 valence electrons. The molecule has 0 aliphatic heterocycles. The summed E-state index contributed by atoms with van der Waals surface area (Å²) in [5, 5.41) is 9.16. The molecule has 0 saturated heterocycles. The molecule has 5 nitrogen and oxygen atoms in total. The second kappa shape index (κ2) is 5.39. The minimum atomic E-state index is -0.895. The first-order valence-electron chi connectivity index (χ1n) is 6.89. The number of benzene rings is 1. The average molecular weight is 291 g/mol. The lowest BCUT2D eigenvalue weighted by Gasteiger charge is -2.18. The summed E-state index contributed by atoms with van der Waals surface area (Å²) in [4.78, 5) is 25.2. The van der Waals surface area contributed by atoms with Gasteiger partial charge in [-0.3, -0.25) is 9.59 Å². The van der Waals surface area contributed by atoms with Crippen molar-refractivity contribution in [2.24, 2.45) is 17.3 Å². The van der Waals surface area contributed by atoms with Crippen LogP contribution in [0.2, 0.25) is 0 Å². The van der Waals surface area contributed by atoms with Crippen molar-refractivity contribution in [3.63, 3.8) is 0 Å². The number of ether oxygens (including phenoxy) is 1. The van der Waals surface area contributed by atoms with Crippen LogP contribution in [0.15, 0.2) is 24.3 Å². The van der Waals surface area contributed by atoms with Gasteiger partial charge in [0.05, 0.1) is 18.9 Å². The first kappa shape index (κ1) is 15.4.